The van der Waals surface area contributed by atoms with Crippen LogP contribution in [-0.2, 0) is 9.53 Å². The number of nitrogens with zero attached hydrogens (tertiary/aromatic N) is 1. The predicted molar refractivity (Wildman–Crippen MR) is 109 cm³/mol. The first-order valence-corrected chi connectivity index (χ1v) is 10.3. The standard InChI is InChI=1S/C22H36N2O3/c1-5-24(6-2)21(18-10-8-11-19(14-18)26-4)15-23-22(25)16-27-20-12-7-9-17(3)13-20/h8,10-11,14,17,20-21H,5-7,9,12-13,15-16H2,1-4H3,(H,23,25). The van der Waals surface area contributed by atoms with Gasteiger partial charge in [-0.3, -0.25) is 9.69 Å². The van der Waals surface area contributed by atoms with E-state index in [9.17, 15) is 4.79 Å². The van der Waals surface area contributed by atoms with Gasteiger partial charge in [0.1, 0.15) is 12.4 Å². The van der Waals surface area contributed by atoms with Gasteiger partial charge in [0.25, 0.3) is 0 Å². The molecule has 0 saturated heterocycles. The van der Waals surface area contributed by atoms with Crippen LogP contribution in [0.15, 0.2) is 24.3 Å². The summed E-state index contributed by atoms with van der Waals surface area (Å²) in [7, 11) is 1.68. The molecule has 1 aliphatic carbocycles. The third kappa shape index (κ3) is 6.82. The molecule has 5 heteroatoms. The third-order valence-electron chi connectivity index (χ3n) is 5.56. The summed E-state index contributed by atoms with van der Waals surface area (Å²) < 4.78 is 11.2. The van der Waals surface area contributed by atoms with E-state index in [4.69, 9.17) is 9.47 Å². The first-order chi connectivity index (χ1) is 13.1. The van der Waals surface area contributed by atoms with Crippen LogP contribution in [0.5, 0.6) is 5.75 Å². The number of hydrogen-bond donors (Lipinski definition) is 1. The molecule has 152 valence electrons. The average Bonchev–Trinajstić information content (AvgIpc) is 2.69. The Balaban J connectivity index is 1.91. The van der Waals surface area contributed by atoms with Crippen molar-refractivity contribution in [2.24, 2.45) is 5.92 Å². The van der Waals surface area contributed by atoms with E-state index in [1.165, 1.54) is 12.8 Å². The summed E-state index contributed by atoms with van der Waals surface area (Å²) in [5.74, 6) is 1.51. The van der Waals surface area contributed by atoms with Crippen molar-refractivity contribution >= 4 is 5.91 Å². The fourth-order valence-electron chi connectivity index (χ4n) is 3.96. The van der Waals surface area contributed by atoms with Crippen molar-refractivity contribution in [2.45, 2.75) is 58.6 Å². The van der Waals surface area contributed by atoms with E-state index in [0.717, 1.165) is 37.2 Å². The molecule has 1 N–H and O–H groups in total. The first kappa shape index (κ1) is 21.7. The molecule has 1 aromatic carbocycles. The summed E-state index contributed by atoms with van der Waals surface area (Å²) in [6, 6.07) is 8.21. The van der Waals surface area contributed by atoms with Crippen LogP contribution < -0.4 is 10.1 Å². The molecule has 0 aliphatic heterocycles. The Kier molecular flexibility index (Phi) is 9.08. The average molecular weight is 377 g/mol. The van der Waals surface area contributed by atoms with E-state index < -0.39 is 0 Å². The number of ether oxygens (including phenoxy) is 2. The summed E-state index contributed by atoms with van der Waals surface area (Å²) in [6.07, 6.45) is 4.85. The van der Waals surface area contributed by atoms with Gasteiger partial charge in [-0.15, -0.1) is 0 Å². The second-order valence-electron chi connectivity index (χ2n) is 7.52. The van der Waals surface area contributed by atoms with E-state index in [1.807, 2.05) is 12.1 Å². The normalized spacial score (nSPS) is 21.1. The summed E-state index contributed by atoms with van der Waals surface area (Å²) in [5, 5.41) is 3.07. The van der Waals surface area contributed by atoms with Crippen molar-refractivity contribution < 1.29 is 14.3 Å². The van der Waals surface area contributed by atoms with Crippen LogP contribution >= 0.6 is 0 Å². The largest absolute Gasteiger partial charge is 0.497 e. The van der Waals surface area contributed by atoms with Crippen molar-refractivity contribution in [3.8, 4) is 5.75 Å². The molecule has 0 aromatic heterocycles. The van der Waals surface area contributed by atoms with Gasteiger partial charge in [0.2, 0.25) is 5.91 Å². The van der Waals surface area contributed by atoms with Gasteiger partial charge in [0, 0.05) is 6.54 Å². The molecule has 0 heterocycles. The highest BCUT2D eigenvalue weighted by Gasteiger charge is 2.22. The lowest BCUT2D eigenvalue weighted by Gasteiger charge is -2.31. The van der Waals surface area contributed by atoms with Crippen molar-refractivity contribution in [2.75, 3.05) is 33.4 Å². The van der Waals surface area contributed by atoms with E-state index in [0.29, 0.717) is 12.5 Å². The van der Waals surface area contributed by atoms with E-state index >= 15 is 0 Å². The molecular weight excluding hydrogens is 340 g/mol. The molecule has 3 unspecified atom stereocenters. The smallest absolute Gasteiger partial charge is 0.246 e. The Morgan fingerprint density at radius 1 is 1.30 bits per heavy atom. The summed E-state index contributed by atoms with van der Waals surface area (Å²) >= 11 is 0. The van der Waals surface area contributed by atoms with Gasteiger partial charge in [0.15, 0.2) is 0 Å². The van der Waals surface area contributed by atoms with Gasteiger partial charge in [-0.1, -0.05) is 45.7 Å². The van der Waals surface area contributed by atoms with E-state index in [-0.39, 0.29) is 24.7 Å². The minimum atomic E-state index is -0.0340. The van der Waals surface area contributed by atoms with Crippen LogP contribution in [0, 0.1) is 5.92 Å². The van der Waals surface area contributed by atoms with Crippen LogP contribution in [0.25, 0.3) is 0 Å². The quantitative estimate of drug-likeness (QED) is 0.675. The molecule has 0 spiro atoms. The highest BCUT2D eigenvalue weighted by Crippen LogP contribution is 2.26. The molecule has 1 fully saturated rings. The first-order valence-electron chi connectivity index (χ1n) is 10.3. The second-order valence-corrected chi connectivity index (χ2v) is 7.52. The Labute approximate surface area is 164 Å². The molecule has 0 radical (unpaired) electrons. The fourth-order valence-corrected chi connectivity index (χ4v) is 3.96. The highest BCUT2D eigenvalue weighted by atomic mass is 16.5. The van der Waals surface area contributed by atoms with E-state index in [1.54, 1.807) is 7.11 Å². The minimum Gasteiger partial charge on any atom is -0.497 e. The minimum absolute atomic E-state index is 0.0340. The van der Waals surface area contributed by atoms with Crippen LogP contribution in [0.3, 0.4) is 0 Å². The molecule has 3 atom stereocenters. The molecule has 1 aliphatic rings. The summed E-state index contributed by atoms with van der Waals surface area (Å²) in [5.41, 5.74) is 1.15. The number of likely N-dealkylation sites (N-methyl/N-ethyl adjacent to an activating group) is 1. The molecular formula is C22H36N2O3. The van der Waals surface area contributed by atoms with E-state index in [2.05, 4.69) is 43.1 Å². The highest BCUT2D eigenvalue weighted by molar-refractivity contribution is 5.77. The van der Waals surface area contributed by atoms with Gasteiger partial charge in [-0.2, -0.15) is 0 Å². The Bertz CT molecular complexity index is 574. The fraction of sp³-hybridized carbons (Fsp3) is 0.682. The number of nitrogens with one attached hydrogen (secondary N) is 1. The number of carbonyl (C=O) groups is 1. The van der Waals surface area contributed by atoms with Gasteiger partial charge in [-0.25, -0.2) is 0 Å². The molecule has 2 rings (SSSR count). The predicted octanol–water partition coefficient (Wildman–Crippen LogP) is 3.79. The molecule has 1 saturated carbocycles. The monoisotopic (exact) mass is 376 g/mol. The molecule has 1 amide bonds. The number of benzene rings is 1. The van der Waals surface area contributed by atoms with Gasteiger partial charge in [0.05, 0.1) is 19.3 Å². The van der Waals surface area contributed by atoms with Gasteiger partial charge >= 0.3 is 0 Å². The Hall–Kier alpha value is -1.59. The molecule has 27 heavy (non-hydrogen) atoms. The van der Waals surface area contributed by atoms with Crippen LogP contribution in [0.1, 0.15) is 58.1 Å². The van der Waals surface area contributed by atoms with Crippen molar-refractivity contribution in [3.05, 3.63) is 29.8 Å². The Morgan fingerprint density at radius 2 is 2.07 bits per heavy atom. The third-order valence-corrected chi connectivity index (χ3v) is 5.56. The maximum Gasteiger partial charge on any atom is 0.246 e. The molecule has 1 aromatic rings. The molecule has 0 bridgehead atoms. The van der Waals surface area contributed by atoms with Crippen LogP contribution in [-0.4, -0.2) is 50.3 Å². The number of hydrogen-bond acceptors (Lipinski definition) is 4. The molecule has 5 nitrogen and oxygen atoms in total. The van der Waals surface area contributed by atoms with Gasteiger partial charge < -0.3 is 14.8 Å². The summed E-state index contributed by atoms with van der Waals surface area (Å²) in [6.45, 7) is 9.12. The zero-order valence-corrected chi connectivity index (χ0v) is 17.4. The summed E-state index contributed by atoms with van der Waals surface area (Å²) in [4.78, 5) is 14.7. The van der Waals surface area contributed by atoms with Crippen molar-refractivity contribution in [1.29, 1.82) is 0 Å². The lowest BCUT2D eigenvalue weighted by Crippen LogP contribution is -2.39. The zero-order valence-electron chi connectivity index (χ0n) is 17.4. The van der Waals surface area contributed by atoms with Crippen LogP contribution in [0.2, 0.25) is 0 Å². The topological polar surface area (TPSA) is 50.8 Å². The Morgan fingerprint density at radius 3 is 2.74 bits per heavy atom. The van der Waals surface area contributed by atoms with Crippen molar-refractivity contribution in [1.82, 2.24) is 10.2 Å². The van der Waals surface area contributed by atoms with Gasteiger partial charge in [-0.05, 0) is 49.5 Å². The van der Waals surface area contributed by atoms with Crippen LogP contribution in [0.4, 0.5) is 0 Å². The number of amides is 1. The maximum absolute atomic E-state index is 12.3. The number of rotatable bonds is 10. The lowest BCUT2D eigenvalue weighted by atomic mass is 9.89. The van der Waals surface area contributed by atoms with Crippen molar-refractivity contribution in [3.63, 3.8) is 0 Å². The maximum atomic E-state index is 12.3. The number of carbonyl (C=O) groups excluding carboxylic acids is 1. The lowest BCUT2D eigenvalue weighted by molar-refractivity contribution is -0.129. The second kappa shape index (κ2) is 11.3. The SMILES string of the molecule is CCN(CC)C(CNC(=O)COC1CCCC(C)C1)c1cccc(OC)c1. The number of methoxy groups -OCH3 is 1. The zero-order chi connectivity index (χ0) is 19.6.